The van der Waals surface area contributed by atoms with Gasteiger partial charge in [-0.05, 0) is 19.1 Å². The Morgan fingerprint density at radius 1 is 1.62 bits per heavy atom. The SMILES string of the molecule is Cc1nc(N(C)C2CCSC2)ncc1CCl. The van der Waals surface area contributed by atoms with E-state index in [1.165, 1.54) is 17.9 Å². The van der Waals surface area contributed by atoms with Gasteiger partial charge in [-0.25, -0.2) is 9.97 Å². The van der Waals surface area contributed by atoms with Gasteiger partial charge in [0.15, 0.2) is 0 Å². The summed E-state index contributed by atoms with van der Waals surface area (Å²) in [5.74, 6) is 3.72. The molecule has 0 amide bonds. The van der Waals surface area contributed by atoms with Gasteiger partial charge >= 0.3 is 0 Å². The van der Waals surface area contributed by atoms with Gasteiger partial charge < -0.3 is 4.90 Å². The highest BCUT2D eigenvalue weighted by Crippen LogP contribution is 2.24. The van der Waals surface area contributed by atoms with Crippen molar-refractivity contribution >= 4 is 29.3 Å². The van der Waals surface area contributed by atoms with Gasteiger partial charge in [-0.15, -0.1) is 11.6 Å². The third-order valence-corrected chi connectivity index (χ3v) is 4.41. The van der Waals surface area contributed by atoms with Crippen molar-refractivity contribution in [3.63, 3.8) is 0 Å². The molecule has 0 aliphatic carbocycles. The second-order valence-electron chi connectivity index (χ2n) is 4.04. The van der Waals surface area contributed by atoms with Crippen LogP contribution in [-0.2, 0) is 5.88 Å². The second-order valence-corrected chi connectivity index (χ2v) is 5.46. The van der Waals surface area contributed by atoms with Crippen molar-refractivity contribution in [2.24, 2.45) is 0 Å². The molecule has 0 aromatic carbocycles. The predicted molar refractivity (Wildman–Crippen MR) is 70.5 cm³/mol. The minimum atomic E-state index is 0.481. The topological polar surface area (TPSA) is 29.0 Å². The number of halogens is 1. The minimum Gasteiger partial charge on any atom is -0.340 e. The van der Waals surface area contributed by atoms with Crippen LogP contribution in [-0.4, -0.2) is 34.6 Å². The zero-order valence-corrected chi connectivity index (χ0v) is 11.2. The van der Waals surface area contributed by atoms with E-state index >= 15 is 0 Å². The fourth-order valence-corrected chi connectivity index (χ4v) is 3.30. The summed E-state index contributed by atoms with van der Waals surface area (Å²) < 4.78 is 0. The van der Waals surface area contributed by atoms with Gasteiger partial charge in [0.05, 0.1) is 5.88 Å². The third-order valence-electron chi connectivity index (χ3n) is 2.98. The summed E-state index contributed by atoms with van der Waals surface area (Å²) in [4.78, 5) is 11.1. The van der Waals surface area contributed by atoms with Crippen LogP contribution in [0.5, 0.6) is 0 Å². The fourth-order valence-electron chi connectivity index (χ4n) is 1.77. The van der Waals surface area contributed by atoms with Crippen molar-refractivity contribution in [2.45, 2.75) is 25.3 Å². The molecular weight excluding hydrogens is 242 g/mol. The number of thioether (sulfide) groups is 1. The Balaban J connectivity index is 2.16. The molecule has 16 heavy (non-hydrogen) atoms. The molecule has 0 saturated carbocycles. The standard InChI is InChI=1S/C11H16ClN3S/c1-8-9(5-12)6-13-11(14-8)15(2)10-3-4-16-7-10/h6,10H,3-5,7H2,1-2H3. The fraction of sp³-hybridized carbons (Fsp3) is 0.636. The van der Waals surface area contributed by atoms with Crippen molar-refractivity contribution in [3.8, 4) is 0 Å². The second kappa shape index (κ2) is 5.23. The number of hydrogen-bond acceptors (Lipinski definition) is 4. The van der Waals surface area contributed by atoms with Crippen molar-refractivity contribution in [3.05, 3.63) is 17.5 Å². The van der Waals surface area contributed by atoms with Gasteiger partial charge in [-0.3, -0.25) is 0 Å². The van der Waals surface area contributed by atoms with E-state index in [0.29, 0.717) is 11.9 Å². The first kappa shape index (κ1) is 12.0. The first-order valence-corrected chi connectivity index (χ1v) is 7.10. The summed E-state index contributed by atoms with van der Waals surface area (Å²) >= 11 is 7.79. The number of rotatable bonds is 3. The molecule has 5 heteroatoms. The quantitative estimate of drug-likeness (QED) is 0.778. The Morgan fingerprint density at radius 2 is 2.44 bits per heavy atom. The van der Waals surface area contributed by atoms with Gasteiger partial charge in [-0.1, -0.05) is 0 Å². The van der Waals surface area contributed by atoms with Crippen LogP contribution in [0.2, 0.25) is 0 Å². The Labute approximate surface area is 106 Å². The molecular formula is C11H16ClN3S. The molecule has 0 N–H and O–H groups in total. The first-order valence-electron chi connectivity index (χ1n) is 5.41. The molecule has 1 aromatic rings. The van der Waals surface area contributed by atoms with Crippen LogP contribution >= 0.6 is 23.4 Å². The highest BCUT2D eigenvalue weighted by Gasteiger charge is 2.22. The number of hydrogen-bond donors (Lipinski definition) is 0. The highest BCUT2D eigenvalue weighted by molar-refractivity contribution is 7.99. The molecule has 2 rings (SSSR count). The van der Waals surface area contributed by atoms with Crippen LogP contribution in [0, 0.1) is 6.92 Å². The van der Waals surface area contributed by atoms with Crippen LogP contribution in [0.25, 0.3) is 0 Å². The number of alkyl halides is 1. The molecule has 1 aliphatic heterocycles. The lowest BCUT2D eigenvalue weighted by molar-refractivity contribution is 0.679. The largest absolute Gasteiger partial charge is 0.340 e. The van der Waals surface area contributed by atoms with Crippen LogP contribution < -0.4 is 4.90 Å². The monoisotopic (exact) mass is 257 g/mol. The predicted octanol–water partition coefficient (Wildman–Crippen LogP) is 2.47. The summed E-state index contributed by atoms with van der Waals surface area (Å²) in [6.45, 7) is 1.99. The summed E-state index contributed by atoms with van der Waals surface area (Å²) in [7, 11) is 2.08. The molecule has 2 heterocycles. The first-order chi connectivity index (χ1) is 7.72. The molecule has 1 fully saturated rings. The van der Waals surface area contributed by atoms with Crippen molar-refractivity contribution in [2.75, 3.05) is 23.5 Å². The van der Waals surface area contributed by atoms with E-state index in [4.69, 9.17) is 11.6 Å². The van der Waals surface area contributed by atoms with E-state index in [1.54, 1.807) is 0 Å². The van der Waals surface area contributed by atoms with E-state index in [0.717, 1.165) is 17.2 Å². The molecule has 1 atom stereocenters. The van der Waals surface area contributed by atoms with Crippen LogP contribution in [0.3, 0.4) is 0 Å². The molecule has 0 spiro atoms. The smallest absolute Gasteiger partial charge is 0.225 e. The Hall–Kier alpha value is -0.480. The minimum absolute atomic E-state index is 0.481. The zero-order chi connectivity index (χ0) is 11.5. The number of anilines is 1. The number of aryl methyl sites for hydroxylation is 1. The Morgan fingerprint density at radius 3 is 3.00 bits per heavy atom. The van der Waals surface area contributed by atoms with E-state index in [2.05, 4.69) is 21.9 Å². The maximum atomic E-state index is 5.79. The van der Waals surface area contributed by atoms with Gasteiger partial charge in [0.2, 0.25) is 5.95 Å². The molecule has 3 nitrogen and oxygen atoms in total. The van der Waals surface area contributed by atoms with Crippen LogP contribution in [0.15, 0.2) is 6.20 Å². The lowest BCUT2D eigenvalue weighted by Gasteiger charge is -2.24. The molecule has 88 valence electrons. The van der Waals surface area contributed by atoms with Crippen LogP contribution in [0.4, 0.5) is 5.95 Å². The number of aromatic nitrogens is 2. The van der Waals surface area contributed by atoms with E-state index in [1.807, 2.05) is 24.9 Å². The number of nitrogens with zero attached hydrogens (tertiary/aromatic N) is 3. The molecule has 1 saturated heterocycles. The van der Waals surface area contributed by atoms with Crippen molar-refractivity contribution in [1.29, 1.82) is 0 Å². The van der Waals surface area contributed by atoms with Crippen molar-refractivity contribution < 1.29 is 0 Å². The van der Waals surface area contributed by atoms with Gasteiger partial charge in [-0.2, -0.15) is 11.8 Å². The highest BCUT2D eigenvalue weighted by atomic mass is 35.5. The molecule has 0 bridgehead atoms. The Bertz CT molecular complexity index is 366. The summed E-state index contributed by atoms with van der Waals surface area (Å²) in [6.07, 6.45) is 3.06. The Kier molecular flexibility index (Phi) is 3.92. The zero-order valence-electron chi connectivity index (χ0n) is 9.61. The van der Waals surface area contributed by atoms with Gasteiger partial charge in [0.25, 0.3) is 0 Å². The average molecular weight is 258 g/mol. The average Bonchev–Trinajstić information content (AvgIpc) is 2.81. The molecule has 1 unspecified atom stereocenters. The molecule has 0 radical (unpaired) electrons. The molecule has 1 aromatic heterocycles. The molecule has 1 aliphatic rings. The van der Waals surface area contributed by atoms with Gasteiger partial charge in [0.1, 0.15) is 0 Å². The summed E-state index contributed by atoms with van der Waals surface area (Å²) in [5.41, 5.74) is 2.00. The van der Waals surface area contributed by atoms with Gasteiger partial charge in [0, 0.05) is 36.3 Å². The maximum Gasteiger partial charge on any atom is 0.225 e. The maximum absolute atomic E-state index is 5.79. The summed E-state index contributed by atoms with van der Waals surface area (Å²) in [5, 5.41) is 0. The van der Waals surface area contributed by atoms with Crippen LogP contribution in [0.1, 0.15) is 17.7 Å². The van der Waals surface area contributed by atoms with E-state index < -0.39 is 0 Å². The lowest BCUT2D eigenvalue weighted by atomic mass is 10.2. The normalized spacial score (nSPS) is 20.1. The third kappa shape index (κ3) is 2.43. The lowest BCUT2D eigenvalue weighted by Crippen LogP contribution is -2.32. The van der Waals surface area contributed by atoms with Crippen molar-refractivity contribution in [1.82, 2.24) is 9.97 Å². The summed E-state index contributed by atoms with van der Waals surface area (Å²) in [6, 6.07) is 0.575. The van der Waals surface area contributed by atoms with E-state index in [-0.39, 0.29) is 0 Å². The van der Waals surface area contributed by atoms with E-state index in [9.17, 15) is 0 Å².